The number of rotatable bonds is 5. The Balaban J connectivity index is 1.55. The summed E-state index contributed by atoms with van der Waals surface area (Å²) >= 11 is 0. The van der Waals surface area contributed by atoms with Crippen molar-refractivity contribution in [1.29, 1.82) is 0 Å². The topological polar surface area (TPSA) is 34.8 Å². The fourth-order valence-electron chi connectivity index (χ4n) is 5.25. The summed E-state index contributed by atoms with van der Waals surface area (Å²) in [7, 11) is 0. The predicted octanol–water partition coefficient (Wildman–Crippen LogP) is 9.23. The predicted molar refractivity (Wildman–Crippen MR) is 158 cm³/mol. The van der Waals surface area contributed by atoms with E-state index in [4.69, 9.17) is 14.0 Å². The minimum atomic E-state index is -0.711. The third kappa shape index (κ3) is 4.45. The zero-order valence-electron chi connectivity index (χ0n) is 21.8. The molecule has 0 saturated carbocycles. The van der Waals surface area contributed by atoms with Crippen molar-refractivity contribution in [2.45, 2.75) is 12.3 Å². The molecule has 0 N–H and O–H groups in total. The molecule has 5 aromatic carbocycles. The zero-order chi connectivity index (χ0) is 26.7. The molecule has 2 atom stereocenters. The average molecular weight is 522 g/mol. The number of hydrogen-bond donors (Lipinski definition) is 0. The fraction of sp³-hybridized carbons (Fsp3) is 0.0556. The largest absolute Gasteiger partial charge is 0.454 e. The molecule has 0 amide bonds. The van der Waals surface area contributed by atoms with Gasteiger partial charge in [-0.2, -0.15) is 0 Å². The molecule has 0 unspecified atom stereocenters. The third-order valence-corrected chi connectivity index (χ3v) is 7.11. The average Bonchev–Trinajstić information content (AvgIpc) is 3.31. The van der Waals surface area contributed by atoms with Crippen molar-refractivity contribution in [2.75, 3.05) is 5.06 Å². The lowest BCUT2D eigenvalue weighted by molar-refractivity contribution is -0.0935. The van der Waals surface area contributed by atoms with Crippen LogP contribution in [-0.4, -0.2) is 0 Å². The molecule has 0 bridgehead atoms. The Kier molecular flexibility index (Phi) is 6.36. The number of benzene rings is 5. The minimum Gasteiger partial charge on any atom is -0.454 e. The summed E-state index contributed by atoms with van der Waals surface area (Å²) in [5, 5.41) is 1.97. The minimum absolute atomic E-state index is 0.358. The molecule has 0 spiro atoms. The number of furan rings is 1. The number of fused-ring (bicyclic) bond motifs is 1. The SMILES string of the molecule is c1ccc(-c2oc(-c3ccccc3)c3c2O[C@H](c2ccccc2)ON(c2ccccc2)[C@@H]3c2ccccc2)cc1. The van der Waals surface area contributed by atoms with Crippen LogP contribution in [0.5, 0.6) is 5.75 Å². The maximum atomic E-state index is 6.88. The number of nitrogens with zero attached hydrogens (tertiary/aromatic N) is 1. The number of anilines is 1. The van der Waals surface area contributed by atoms with Crippen molar-refractivity contribution in [3.05, 3.63) is 168 Å². The molecule has 6 aromatic rings. The van der Waals surface area contributed by atoms with Crippen LogP contribution in [0.25, 0.3) is 22.6 Å². The summed E-state index contributed by atoms with van der Waals surface area (Å²) < 4.78 is 13.7. The van der Waals surface area contributed by atoms with Crippen LogP contribution in [0.1, 0.15) is 29.0 Å². The van der Waals surface area contributed by atoms with Gasteiger partial charge in [0.05, 0.1) is 11.3 Å². The second-order valence-electron chi connectivity index (χ2n) is 9.68. The quantitative estimate of drug-likeness (QED) is 0.226. The van der Waals surface area contributed by atoms with E-state index in [9.17, 15) is 0 Å². The van der Waals surface area contributed by atoms with E-state index in [1.165, 1.54) is 0 Å². The van der Waals surface area contributed by atoms with E-state index in [1.807, 2.05) is 108 Å². The Hall–Kier alpha value is -5.06. The molecule has 7 rings (SSSR count). The van der Waals surface area contributed by atoms with Gasteiger partial charge in [0.25, 0.3) is 0 Å². The molecule has 40 heavy (non-hydrogen) atoms. The summed E-state index contributed by atoms with van der Waals surface area (Å²) in [4.78, 5) is 6.84. The Morgan fingerprint density at radius 3 is 1.52 bits per heavy atom. The molecule has 0 saturated heterocycles. The molecule has 1 aliphatic heterocycles. The number of ether oxygens (including phenoxy) is 1. The number of hydrogen-bond acceptors (Lipinski definition) is 4. The van der Waals surface area contributed by atoms with Gasteiger partial charge in [-0.25, -0.2) is 9.90 Å². The molecule has 2 heterocycles. The summed E-state index contributed by atoms with van der Waals surface area (Å²) in [6.07, 6.45) is -0.711. The Labute approximate surface area is 233 Å². The summed E-state index contributed by atoms with van der Waals surface area (Å²) in [5.41, 5.74) is 5.70. The normalized spacial score (nSPS) is 16.6. The second-order valence-corrected chi connectivity index (χ2v) is 9.68. The van der Waals surface area contributed by atoms with Gasteiger partial charge in [0.2, 0.25) is 6.29 Å². The molecule has 0 radical (unpaired) electrons. The molecule has 1 aromatic heterocycles. The van der Waals surface area contributed by atoms with Crippen molar-refractivity contribution in [3.63, 3.8) is 0 Å². The van der Waals surface area contributed by atoms with Gasteiger partial charge in [-0.15, -0.1) is 0 Å². The molecule has 0 aliphatic carbocycles. The highest BCUT2D eigenvalue weighted by molar-refractivity contribution is 5.78. The first-order valence-electron chi connectivity index (χ1n) is 13.4. The highest BCUT2D eigenvalue weighted by Gasteiger charge is 2.40. The van der Waals surface area contributed by atoms with E-state index in [0.717, 1.165) is 39.3 Å². The molecule has 4 heteroatoms. The van der Waals surface area contributed by atoms with Gasteiger partial charge in [0.1, 0.15) is 11.8 Å². The van der Waals surface area contributed by atoms with Crippen LogP contribution < -0.4 is 9.80 Å². The van der Waals surface area contributed by atoms with Crippen LogP contribution in [0, 0.1) is 0 Å². The van der Waals surface area contributed by atoms with Crippen molar-refractivity contribution < 1.29 is 14.0 Å². The smallest absolute Gasteiger partial charge is 0.250 e. The third-order valence-electron chi connectivity index (χ3n) is 7.11. The number of hydroxylamine groups is 1. The van der Waals surface area contributed by atoms with Crippen LogP contribution in [0.2, 0.25) is 0 Å². The first kappa shape index (κ1) is 24.0. The van der Waals surface area contributed by atoms with Crippen LogP contribution >= 0.6 is 0 Å². The second kappa shape index (κ2) is 10.6. The van der Waals surface area contributed by atoms with E-state index in [2.05, 4.69) is 48.5 Å². The first-order valence-corrected chi connectivity index (χ1v) is 13.4. The van der Waals surface area contributed by atoms with Gasteiger partial charge < -0.3 is 9.15 Å². The van der Waals surface area contributed by atoms with Crippen molar-refractivity contribution in [1.82, 2.24) is 0 Å². The van der Waals surface area contributed by atoms with E-state index < -0.39 is 6.29 Å². The van der Waals surface area contributed by atoms with Gasteiger partial charge in [0.15, 0.2) is 11.5 Å². The molecule has 1 aliphatic rings. The van der Waals surface area contributed by atoms with E-state index >= 15 is 0 Å². The van der Waals surface area contributed by atoms with Gasteiger partial charge in [-0.3, -0.25) is 0 Å². The Morgan fingerprint density at radius 1 is 0.475 bits per heavy atom. The van der Waals surface area contributed by atoms with Gasteiger partial charge in [-0.05, 0) is 17.7 Å². The Morgan fingerprint density at radius 2 is 0.950 bits per heavy atom. The lowest BCUT2D eigenvalue weighted by Crippen LogP contribution is -2.30. The zero-order valence-corrected chi connectivity index (χ0v) is 21.8. The highest BCUT2D eigenvalue weighted by atomic mass is 16.8. The maximum Gasteiger partial charge on any atom is 0.250 e. The highest BCUT2D eigenvalue weighted by Crippen LogP contribution is 2.53. The van der Waals surface area contributed by atoms with E-state index in [-0.39, 0.29) is 6.04 Å². The van der Waals surface area contributed by atoms with Crippen molar-refractivity contribution in [2.24, 2.45) is 0 Å². The molecular formula is C36H27NO3. The van der Waals surface area contributed by atoms with E-state index in [1.54, 1.807) is 0 Å². The van der Waals surface area contributed by atoms with Gasteiger partial charge in [0, 0.05) is 16.7 Å². The summed E-state index contributed by atoms with van der Waals surface area (Å²) in [6, 6.07) is 50.6. The molecule has 194 valence electrons. The van der Waals surface area contributed by atoms with Crippen LogP contribution in [0.15, 0.2) is 156 Å². The van der Waals surface area contributed by atoms with Crippen LogP contribution in [-0.2, 0) is 4.84 Å². The summed E-state index contributed by atoms with van der Waals surface area (Å²) in [6.45, 7) is 0. The van der Waals surface area contributed by atoms with Crippen molar-refractivity contribution >= 4 is 5.69 Å². The van der Waals surface area contributed by atoms with Crippen molar-refractivity contribution in [3.8, 4) is 28.4 Å². The first-order chi connectivity index (χ1) is 19.9. The fourth-order valence-corrected chi connectivity index (χ4v) is 5.25. The molecular weight excluding hydrogens is 494 g/mol. The van der Waals surface area contributed by atoms with Gasteiger partial charge >= 0.3 is 0 Å². The lowest BCUT2D eigenvalue weighted by atomic mass is 9.94. The van der Waals surface area contributed by atoms with Gasteiger partial charge in [-0.1, -0.05) is 140 Å². The standard InChI is InChI=1S/C36H27NO3/c1-6-16-26(17-7-1)32-31-33(27-18-8-2-9-19-27)38-34(28-20-10-3-11-21-28)35(31)39-36(29-22-12-4-13-23-29)40-37(32)30-24-14-5-15-25-30/h1-25,32,36H/t32-,36+/m1/s1. The molecule has 4 nitrogen and oxygen atoms in total. The lowest BCUT2D eigenvalue weighted by Gasteiger charge is -2.32. The number of para-hydroxylation sites is 1. The Bertz CT molecular complexity index is 1690. The summed E-state index contributed by atoms with van der Waals surface area (Å²) in [5.74, 6) is 2.10. The van der Waals surface area contributed by atoms with Crippen LogP contribution in [0.3, 0.4) is 0 Å². The van der Waals surface area contributed by atoms with Crippen LogP contribution in [0.4, 0.5) is 5.69 Å². The maximum absolute atomic E-state index is 6.88. The van der Waals surface area contributed by atoms with E-state index in [0.29, 0.717) is 11.5 Å². The molecule has 0 fully saturated rings. The monoisotopic (exact) mass is 521 g/mol.